The van der Waals surface area contributed by atoms with Gasteiger partial charge >= 0.3 is 12.0 Å². The summed E-state index contributed by atoms with van der Waals surface area (Å²) in [6, 6.07) is 8.05. The number of nitrogens with one attached hydrogen (secondary N) is 1. The zero-order chi connectivity index (χ0) is 26.2. The topological polar surface area (TPSA) is 111 Å². The lowest BCUT2D eigenvalue weighted by Gasteiger charge is -2.26. The van der Waals surface area contributed by atoms with Gasteiger partial charge in [-0.1, -0.05) is 12.0 Å². The van der Waals surface area contributed by atoms with Crippen LogP contribution < -0.4 is 19.7 Å². The Morgan fingerprint density at radius 2 is 1.89 bits per heavy atom. The van der Waals surface area contributed by atoms with Crippen molar-refractivity contribution in [1.29, 1.82) is 0 Å². The average molecular weight is 488 g/mol. The molecule has 9 nitrogen and oxygen atoms in total. The van der Waals surface area contributed by atoms with Gasteiger partial charge in [-0.2, -0.15) is 0 Å². The number of amides is 4. The zero-order valence-corrected chi connectivity index (χ0v) is 19.8. The third-order valence-corrected chi connectivity index (χ3v) is 5.08. The largest absolute Gasteiger partial charge is 0.490 e. The molecule has 1 fully saturated rings. The highest BCUT2D eigenvalue weighted by atomic mass is 16.5. The number of terminal acetylenes is 1. The molecule has 1 N–H and O–H groups in total. The second kappa shape index (κ2) is 11.5. The van der Waals surface area contributed by atoms with Crippen LogP contribution in [0.2, 0.25) is 0 Å². The Morgan fingerprint density at radius 3 is 2.50 bits per heavy atom. The number of allylic oxidation sites excluding steroid dienone is 1. The molecule has 36 heavy (non-hydrogen) atoms. The predicted octanol–water partition coefficient (Wildman–Crippen LogP) is 3.28. The van der Waals surface area contributed by atoms with Crippen LogP contribution in [0.3, 0.4) is 0 Å². The van der Waals surface area contributed by atoms with Crippen LogP contribution >= 0.6 is 0 Å². The third-order valence-electron chi connectivity index (χ3n) is 5.08. The van der Waals surface area contributed by atoms with Crippen molar-refractivity contribution in [2.24, 2.45) is 0 Å². The highest BCUT2D eigenvalue weighted by Crippen LogP contribution is 2.35. The molecular weight excluding hydrogens is 464 g/mol. The molecule has 2 aromatic carbocycles. The fourth-order valence-electron chi connectivity index (χ4n) is 3.54. The lowest BCUT2D eigenvalue weighted by Crippen LogP contribution is -2.54. The molecule has 0 unspecified atom stereocenters. The lowest BCUT2D eigenvalue weighted by molar-refractivity contribution is -0.122. The first-order valence-corrected chi connectivity index (χ1v) is 10.9. The first-order valence-electron chi connectivity index (χ1n) is 10.9. The van der Waals surface area contributed by atoms with Crippen LogP contribution in [0.1, 0.15) is 28.4 Å². The summed E-state index contributed by atoms with van der Waals surface area (Å²) in [5.41, 5.74) is 1.30. The zero-order valence-electron chi connectivity index (χ0n) is 19.8. The number of benzene rings is 2. The number of methoxy groups -OCH3 is 1. The van der Waals surface area contributed by atoms with E-state index in [1.54, 1.807) is 25.1 Å². The number of esters is 1. The highest BCUT2D eigenvalue weighted by molar-refractivity contribution is 6.39. The van der Waals surface area contributed by atoms with Gasteiger partial charge in [0.1, 0.15) is 12.2 Å². The smallest absolute Gasteiger partial charge is 0.337 e. The summed E-state index contributed by atoms with van der Waals surface area (Å²) in [6.07, 6.45) is 8.77. The molecule has 0 spiro atoms. The Bertz CT molecular complexity index is 1290. The monoisotopic (exact) mass is 488 g/mol. The number of carbonyl (C=O) groups excluding carboxylic acids is 4. The van der Waals surface area contributed by atoms with Crippen molar-refractivity contribution in [3.05, 3.63) is 71.3 Å². The minimum absolute atomic E-state index is 0.0252. The van der Waals surface area contributed by atoms with Crippen molar-refractivity contribution in [3.8, 4) is 23.8 Å². The number of carbonyl (C=O) groups is 4. The van der Waals surface area contributed by atoms with Gasteiger partial charge in [0.15, 0.2) is 11.5 Å². The second-order valence-corrected chi connectivity index (χ2v) is 7.42. The van der Waals surface area contributed by atoms with Crippen LogP contribution in [0, 0.1) is 12.3 Å². The Morgan fingerprint density at radius 1 is 1.17 bits per heavy atom. The van der Waals surface area contributed by atoms with E-state index in [0.29, 0.717) is 35.7 Å². The summed E-state index contributed by atoms with van der Waals surface area (Å²) in [5.74, 6) is 0.994. The molecule has 0 aliphatic carbocycles. The molecule has 1 aliphatic heterocycles. The fraction of sp³-hybridized carbons (Fsp3) is 0.185. The van der Waals surface area contributed by atoms with Gasteiger partial charge < -0.3 is 14.2 Å². The molecule has 1 aliphatic rings. The first-order chi connectivity index (χ1) is 17.3. The maximum absolute atomic E-state index is 13.2. The Hall–Kier alpha value is -4.84. The highest BCUT2D eigenvalue weighted by Gasteiger charge is 2.37. The predicted molar refractivity (Wildman–Crippen MR) is 133 cm³/mol. The molecule has 0 radical (unpaired) electrons. The summed E-state index contributed by atoms with van der Waals surface area (Å²) < 4.78 is 16.0. The SMILES string of the molecule is C#CCOc1c(CC=C)cc(/C=C2\C(=O)NC(=O)N(c3ccc(C(=O)OC)cc3)C2=O)cc1OCC. The number of urea groups is 1. The molecule has 2 aromatic rings. The molecule has 0 bridgehead atoms. The van der Waals surface area contributed by atoms with E-state index in [4.69, 9.17) is 15.9 Å². The maximum atomic E-state index is 13.2. The van der Waals surface area contributed by atoms with Gasteiger partial charge in [0.2, 0.25) is 0 Å². The van der Waals surface area contributed by atoms with Crippen molar-refractivity contribution in [2.45, 2.75) is 13.3 Å². The van der Waals surface area contributed by atoms with E-state index >= 15 is 0 Å². The number of barbiturate groups is 1. The quantitative estimate of drug-likeness (QED) is 0.190. The van der Waals surface area contributed by atoms with Crippen molar-refractivity contribution in [2.75, 3.05) is 25.2 Å². The van der Waals surface area contributed by atoms with Crippen LogP contribution in [-0.4, -0.2) is 44.1 Å². The molecule has 1 saturated heterocycles. The Balaban J connectivity index is 2.04. The van der Waals surface area contributed by atoms with E-state index in [1.165, 1.54) is 37.5 Å². The molecule has 1 heterocycles. The molecule has 0 aromatic heterocycles. The van der Waals surface area contributed by atoms with Gasteiger partial charge in [0, 0.05) is 5.56 Å². The van der Waals surface area contributed by atoms with E-state index in [-0.39, 0.29) is 23.4 Å². The molecule has 4 amide bonds. The summed E-state index contributed by atoms with van der Waals surface area (Å²) in [4.78, 5) is 50.9. The average Bonchev–Trinajstić information content (AvgIpc) is 2.86. The minimum Gasteiger partial charge on any atom is -0.490 e. The van der Waals surface area contributed by atoms with E-state index in [0.717, 1.165) is 4.90 Å². The summed E-state index contributed by atoms with van der Waals surface area (Å²) in [6.45, 7) is 5.92. The Kier molecular flexibility index (Phi) is 8.26. The van der Waals surface area contributed by atoms with Gasteiger partial charge in [0.25, 0.3) is 11.8 Å². The van der Waals surface area contributed by atoms with E-state index in [1.807, 2.05) is 0 Å². The van der Waals surface area contributed by atoms with Gasteiger partial charge in [-0.05, 0) is 61.4 Å². The van der Waals surface area contributed by atoms with Gasteiger partial charge in [-0.3, -0.25) is 14.9 Å². The molecule has 0 atom stereocenters. The number of hydrogen-bond donors (Lipinski definition) is 1. The van der Waals surface area contributed by atoms with Crippen LogP contribution in [0.25, 0.3) is 6.08 Å². The fourth-order valence-corrected chi connectivity index (χ4v) is 3.54. The summed E-state index contributed by atoms with van der Waals surface area (Å²) in [5, 5.41) is 2.17. The summed E-state index contributed by atoms with van der Waals surface area (Å²) >= 11 is 0. The van der Waals surface area contributed by atoms with Crippen molar-refractivity contribution < 1.29 is 33.4 Å². The van der Waals surface area contributed by atoms with Crippen molar-refractivity contribution in [3.63, 3.8) is 0 Å². The third kappa shape index (κ3) is 5.45. The number of ether oxygens (including phenoxy) is 3. The number of anilines is 1. The maximum Gasteiger partial charge on any atom is 0.337 e. The van der Waals surface area contributed by atoms with E-state index in [9.17, 15) is 19.2 Å². The number of hydrogen-bond acceptors (Lipinski definition) is 7. The molecule has 3 rings (SSSR count). The normalized spacial score (nSPS) is 14.2. The number of imide groups is 2. The first kappa shape index (κ1) is 25.8. The van der Waals surface area contributed by atoms with Gasteiger partial charge in [-0.25, -0.2) is 14.5 Å². The van der Waals surface area contributed by atoms with Crippen LogP contribution in [-0.2, 0) is 20.7 Å². The van der Waals surface area contributed by atoms with Gasteiger partial charge in [0.05, 0.1) is 25.0 Å². The molecule has 9 heteroatoms. The van der Waals surface area contributed by atoms with Gasteiger partial charge in [-0.15, -0.1) is 13.0 Å². The molecule has 0 saturated carbocycles. The van der Waals surface area contributed by atoms with Crippen LogP contribution in [0.5, 0.6) is 11.5 Å². The standard InChI is InChI=1S/C27H24N2O7/c1-5-8-19-14-17(16-22(35-7-3)23(19)36-13-6-2)15-21-24(30)28-27(33)29(25(21)31)20-11-9-18(10-12-20)26(32)34-4/h2,5,9-12,14-16H,1,7-8,13H2,3-4H3,(H,28,30,33)/b21-15+. The van der Waals surface area contributed by atoms with Crippen molar-refractivity contribution >= 4 is 35.6 Å². The van der Waals surface area contributed by atoms with E-state index < -0.39 is 23.8 Å². The second-order valence-electron chi connectivity index (χ2n) is 7.42. The lowest BCUT2D eigenvalue weighted by atomic mass is 10.0. The Labute approximate surface area is 208 Å². The molecular formula is C27H24N2O7. The number of rotatable bonds is 9. The van der Waals surface area contributed by atoms with Crippen LogP contribution in [0.4, 0.5) is 10.5 Å². The summed E-state index contributed by atoms with van der Waals surface area (Å²) in [7, 11) is 1.24. The van der Waals surface area contributed by atoms with Crippen molar-refractivity contribution in [1.82, 2.24) is 5.32 Å². The van der Waals surface area contributed by atoms with Crippen LogP contribution in [0.15, 0.2) is 54.6 Å². The van der Waals surface area contributed by atoms with E-state index in [2.05, 4.69) is 22.6 Å². The minimum atomic E-state index is -0.909. The number of nitrogens with zero attached hydrogens (tertiary/aromatic N) is 1. The molecule has 184 valence electrons.